The summed E-state index contributed by atoms with van der Waals surface area (Å²) < 4.78 is 25.8. The zero-order chi connectivity index (χ0) is 10.7. The van der Waals surface area contributed by atoms with Gasteiger partial charge in [-0.25, -0.2) is 13.8 Å². The van der Waals surface area contributed by atoms with Crippen LogP contribution in [0.5, 0.6) is 0 Å². The lowest BCUT2D eigenvalue weighted by Crippen LogP contribution is -2.31. The Morgan fingerprint density at radius 1 is 1.57 bits per heavy atom. The van der Waals surface area contributed by atoms with Crippen LogP contribution in [0.1, 0.15) is 6.92 Å². The average Bonchev–Trinajstić information content (AvgIpc) is 2.15. The van der Waals surface area contributed by atoms with E-state index in [9.17, 15) is 8.78 Å². The monoisotopic (exact) mass is 220 g/mol. The van der Waals surface area contributed by atoms with E-state index in [0.29, 0.717) is 5.88 Å². The van der Waals surface area contributed by atoms with Crippen molar-refractivity contribution in [3.8, 4) is 0 Å². The van der Waals surface area contributed by atoms with Gasteiger partial charge in [-0.05, 0) is 6.92 Å². The fourth-order valence-corrected chi connectivity index (χ4v) is 1.19. The molecule has 1 unspecified atom stereocenters. The molecule has 0 saturated heterocycles. The fraction of sp³-hybridized carbons (Fsp3) is 0.444. The molecule has 14 heavy (non-hydrogen) atoms. The van der Waals surface area contributed by atoms with E-state index in [0.717, 1.165) is 12.3 Å². The Balaban J connectivity index is 2.95. The van der Waals surface area contributed by atoms with Gasteiger partial charge in [-0.3, -0.25) is 0 Å². The molecule has 0 spiro atoms. The summed E-state index contributed by atoms with van der Waals surface area (Å²) in [5.74, 6) is -0.892. The summed E-state index contributed by atoms with van der Waals surface area (Å²) in [6.45, 7) is 1.83. The standard InChI is InChI=1S/C9H11ClF2N2/c1-6(4-10)14(2)9-8(12)3-7(11)5-13-9/h3,5-6H,4H2,1-2H3. The zero-order valence-corrected chi connectivity index (χ0v) is 8.72. The summed E-state index contributed by atoms with van der Waals surface area (Å²) in [5.41, 5.74) is 0. The average molecular weight is 221 g/mol. The summed E-state index contributed by atoms with van der Waals surface area (Å²) in [5, 5.41) is 0. The van der Waals surface area contributed by atoms with Crippen molar-refractivity contribution in [3.63, 3.8) is 0 Å². The van der Waals surface area contributed by atoms with E-state index < -0.39 is 11.6 Å². The van der Waals surface area contributed by atoms with Crippen molar-refractivity contribution >= 4 is 17.4 Å². The molecule has 0 bridgehead atoms. The number of pyridine rings is 1. The summed E-state index contributed by atoms with van der Waals surface area (Å²) in [7, 11) is 1.66. The van der Waals surface area contributed by atoms with Crippen LogP contribution in [-0.2, 0) is 0 Å². The second-order valence-electron chi connectivity index (χ2n) is 3.07. The molecule has 0 aromatic carbocycles. The maximum Gasteiger partial charge on any atom is 0.168 e. The van der Waals surface area contributed by atoms with Crippen molar-refractivity contribution in [1.29, 1.82) is 0 Å². The van der Waals surface area contributed by atoms with Gasteiger partial charge in [-0.2, -0.15) is 0 Å². The van der Waals surface area contributed by atoms with Crippen molar-refractivity contribution in [2.24, 2.45) is 0 Å². The Labute approximate surface area is 86.5 Å². The maximum absolute atomic E-state index is 13.2. The fourth-order valence-electron chi connectivity index (χ4n) is 0.979. The topological polar surface area (TPSA) is 16.1 Å². The van der Waals surface area contributed by atoms with Crippen LogP contribution in [0.15, 0.2) is 12.3 Å². The van der Waals surface area contributed by atoms with Gasteiger partial charge in [-0.15, -0.1) is 11.6 Å². The predicted molar refractivity (Wildman–Crippen MR) is 52.7 cm³/mol. The van der Waals surface area contributed by atoms with E-state index in [-0.39, 0.29) is 11.9 Å². The molecular weight excluding hydrogens is 210 g/mol. The Hall–Kier alpha value is -0.900. The molecule has 1 aromatic rings. The third-order valence-electron chi connectivity index (χ3n) is 2.01. The van der Waals surface area contributed by atoms with E-state index >= 15 is 0 Å². The van der Waals surface area contributed by atoms with Crippen LogP contribution in [0.4, 0.5) is 14.6 Å². The van der Waals surface area contributed by atoms with E-state index in [1.807, 2.05) is 6.92 Å². The van der Waals surface area contributed by atoms with Gasteiger partial charge in [0.05, 0.1) is 6.20 Å². The minimum absolute atomic E-state index is 0.0517. The highest BCUT2D eigenvalue weighted by atomic mass is 35.5. The number of alkyl halides is 1. The third kappa shape index (κ3) is 2.32. The molecule has 0 radical (unpaired) electrons. The minimum Gasteiger partial charge on any atom is -0.353 e. The second kappa shape index (κ2) is 4.55. The number of anilines is 1. The van der Waals surface area contributed by atoms with Gasteiger partial charge in [-0.1, -0.05) is 0 Å². The van der Waals surface area contributed by atoms with Gasteiger partial charge < -0.3 is 4.90 Å². The second-order valence-corrected chi connectivity index (χ2v) is 3.38. The van der Waals surface area contributed by atoms with E-state index in [1.54, 1.807) is 11.9 Å². The predicted octanol–water partition coefficient (Wildman–Crippen LogP) is 2.42. The summed E-state index contributed by atoms with van der Waals surface area (Å²) in [4.78, 5) is 5.24. The van der Waals surface area contributed by atoms with Gasteiger partial charge in [0.15, 0.2) is 11.6 Å². The Bertz CT molecular complexity index is 320. The van der Waals surface area contributed by atoms with Gasteiger partial charge in [0.1, 0.15) is 5.82 Å². The molecule has 0 amide bonds. The molecule has 1 aromatic heterocycles. The summed E-state index contributed by atoms with van der Waals surface area (Å²) in [6, 6.07) is 0.754. The highest BCUT2D eigenvalue weighted by Gasteiger charge is 2.14. The molecule has 0 aliphatic rings. The largest absolute Gasteiger partial charge is 0.353 e. The zero-order valence-electron chi connectivity index (χ0n) is 7.97. The van der Waals surface area contributed by atoms with Crippen molar-refractivity contribution in [1.82, 2.24) is 4.98 Å². The highest BCUT2D eigenvalue weighted by molar-refractivity contribution is 6.18. The van der Waals surface area contributed by atoms with Crippen molar-refractivity contribution in [2.75, 3.05) is 17.8 Å². The lowest BCUT2D eigenvalue weighted by atomic mass is 10.3. The molecule has 5 heteroatoms. The van der Waals surface area contributed by atoms with Crippen LogP contribution in [0.2, 0.25) is 0 Å². The number of hydrogen-bond acceptors (Lipinski definition) is 2. The molecule has 0 saturated carbocycles. The first-order valence-corrected chi connectivity index (χ1v) is 4.69. The molecule has 0 N–H and O–H groups in total. The molecule has 2 nitrogen and oxygen atoms in total. The quantitative estimate of drug-likeness (QED) is 0.728. The van der Waals surface area contributed by atoms with Crippen LogP contribution < -0.4 is 4.90 Å². The SMILES string of the molecule is CC(CCl)N(C)c1ncc(F)cc1F. The minimum atomic E-state index is -0.682. The molecular formula is C9H11ClF2N2. The molecule has 0 aliphatic carbocycles. The van der Waals surface area contributed by atoms with Crippen LogP contribution in [0.25, 0.3) is 0 Å². The number of hydrogen-bond donors (Lipinski definition) is 0. The van der Waals surface area contributed by atoms with Crippen LogP contribution in [-0.4, -0.2) is 24.0 Å². The highest BCUT2D eigenvalue weighted by Crippen LogP contribution is 2.17. The number of aromatic nitrogens is 1. The molecule has 1 rings (SSSR count). The Morgan fingerprint density at radius 3 is 2.71 bits per heavy atom. The summed E-state index contributed by atoms with van der Waals surface area (Å²) in [6.07, 6.45) is 0.982. The molecule has 78 valence electrons. The van der Waals surface area contributed by atoms with Crippen LogP contribution in [0.3, 0.4) is 0 Å². The first-order chi connectivity index (χ1) is 6.56. The lowest BCUT2D eigenvalue weighted by molar-refractivity contribution is 0.565. The number of halogens is 3. The number of nitrogens with zero attached hydrogens (tertiary/aromatic N) is 2. The first-order valence-electron chi connectivity index (χ1n) is 4.16. The van der Waals surface area contributed by atoms with Gasteiger partial charge >= 0.3 is 0 Å². The maximum atomic E-state index is 13.2. The molecule has 1 atom stereocenters. The van der Waals surface area contributed by atoms with Gasteiger partial charge in [0.25, 0.3) is 0 Å². The molecule has 0 fully saturated rings. The molecule has 1 heterocycles. The van der Waals surface area contributed by atoms with Gasteiger partial charge in [0, 0.05) is 25.0 Å². The first kappa shape index (κ1) is 11.2. The Morgan fingerprint density at radius 2 is 2.21 bits per heavy atom. The molecule has 0 aliphatic heterocycles. The Kier molecular flexibility index (Phi) is 3.63. The van der Waals surface area contributed by atoms with E-state index in [4.69, 9.17) is 11.6 Å². The lowest BCUT2D eigenvalue weighted by Gasteiger charge is -2.24. The van der Waals surface area contributed by atoms with Gasteiger partial charge in [0.2, 0.25) is 0 Å². The van der Waals surface area contributed by atoms with Crippen LogP contribution >= 0.6 is 11.6 Å². The van der Waals surface area contributed by atoms with Crippen LogP contribution in [0, 0.1) is 11.6 Å². The third-order valence-corrected chi connectivity index (χ3v) is 2.45. The smallest absolute Gasteiger partial charge is 0.168 e. The summed E-state index contributed by atoms with van der Waals surface area (Å²) >= 11 is 5.61. The normalized spacial score (nSPS) is 12.6. The van der Waals surface area contributed by atoms with Crippen molar-refractivity contribution in [3.05, 3.63) is 23.9 Å². The van der Waals surface area contributed by atoms with Crippen molar-refractivity contribution < 1.29 is 8.78 Å². The van der Waals surface area contributed by atoms with E-state index in [1.165, 1.54) is 0 Å². The van der Waals surface area contributed by atoms with E-state index in [2.05, 4.69) is 4.98 Å². The van der Waals surface area contributed by atoms with Crippen molar-refractivity contribution in [2.45, 2.75) is 13.0 Å². The number of rotatable bonds is 3.